The Morgan fingerprint density at radius 2 is 1.73 bits per heavy atom. The zero-order valence-electron chi connectivity index (χ0n) is 18.5. The number of nitrogens with one attached hydrogen (secondary N) is 1. The molecule has 0 saturated heterocycles. The zero-order chi connectivity index (χ0) is 22.6. The summed E-state index contributed by atoms with van der Waals surface area (Å²) >= 11 is 0. The van der Waals surface area contributed by atoms with E-state index in [2.05, 4.69) is 50.3 Å². The van der Waals surface area contributed by atoms with Gasteiger partial charge in [-0.05, 0) is 47.9 Å². The second kappa shape index (κ2) is 9.12. The lowest BCUT2D eigenvalue weighted by Gasteiger charge is -2.12. The summed E-state index contributed by atoms with van der Waals surface area (Å²) < 4.78 is 4.03. The number of aryl methyl sites for hydroxylation is 1. The Bertz CT molecular complexity index is 1380. The van der Waals surface area contributed by atoms with Crippen molar-refractivity contribution in [2.75, 3.05) is 6.54 Å². The lowest BCUT2D eigenvalue weighted by molar-refractivity contribution is 0.0953. The molecule has 0 aliphatic rings. The number of benzene rings is 3. The van der Waals surface area contributed by atoms with Crippen LogP contribution < -0.4 is 5.32 Å². The van der Waals surface area contributed by atoms with Gasteiger partial charge < -0.3 is 9.88 Å². The molecule has 2 aromatic heterocycles. The number of amides is 1. The van der Waals surface area contributed by atoms with E-state index in [9.17, 15) is 4.79 Å². The van der Waals surface area contributed by atoms with Gasteiger partial charge in [0.15, 0.2) is 0 Å². The minimum atomic E-state index is -0.0757. The molecule has 0 spiro atoms. The molecule has 0 aliphatic heterocycles. The summed E-state index contributed by atoms with van der Waals surface area (Å²) in [5.74, 6) is 0.870. The third-order valence-corrected chi connectivity index (χ3v) is 5.81. The van der Waals surface area contributed by atoms with Crippen LogP contribution in [0.25, 0.3) is 22.2 Å². The smallest absolute Gasteiger partial charge is 0.251 e. The summed E-state index contributed by atoms with van der Waals surface area (Å²) in [5, 5.41) is 7.34. The van der Waals surface area contributed by atoms with E-state index in [1.165, 1.54) is 0 Å². The van der Waals surface area contributed by atoms with Gasteiger partial charge in [-0.15, -0.1) is 0 Å². The van der Waals surface area contributed by atoms with Gasteiger partial charge in [0, 0.05) is 31.0 Å². The van der Waals surface area contributed by atoms with Crippen LogP contribution in [0, 0.1) is 6.92 Å². The molecule has 0 unspecified atom stereocenters. The van der Waals surface area contributed by atoms with Crippen LogP contribution in [0.4, 0.5) is 0 Å². The SMILES string of the molecule is Cc1nc2ccccc2n1CCNC(=O)c1ccccc1-c1ccc(Cn2cccn2)cc1. The Balaban J connectivity index is 1.29. The molecular weight excluding hydrogens is 410 g/mol. The highest BCUT2D eigenvalue weighted by Crippen LogP contribution is 2.24. The number of hydrogen-bond donors (Lipinski definition) is 1. The second-order valence-corrected chi connectivity index (χ2v) is 8.00. The standard InChI is InChI=1S/C27H25N5O/c1-20-30-25-9-4-5-10-26(25)32(20)18-16-28-27(33)24-8-3-2-7-23(24)22-13-11-21(12-14-22)19-31-17-6-15-29-31/h2-15,17H,16,18-19H2,1H3,(H,28,33). The number of para-hydroxylation sites is 2. The first kappa shape index (κ1) is 20.7. The van der Waals surface area contributed by atoms with Gasteiger partial charge in [0.05, 0.1) is 17.6 Å². The number of imidazole rings is 1. The Morgan fingerprint density at radius 3 is 2.55 bits per heavy atom. The molecule has 6 nitrogen and oxygen atoms in total. The number of nitrogens with zero attached hydrogens (tertiary/aromatic N) is 4. The van der Waals surface area contributed by atoms with Crippen LogP contribution >= 0.6 is 0 Å². The Kier molecular flexibility index (Phi) is 5.72. The highest BCUT2D eigenvalue weighted by molar-refractivity contribution is 6.00. The van der Waals surface area contributed by atoms with E-state index in [1.807, 2.05) is 66.3 Å². The first-order valence-electron chi connectivity index (χ1n) is 11.0. The fraction of sp³-hybridized carbons (Fsp3) is 0.148. The number of hydrogen-bond acceptors (Lipinski definition) is 3. The van der Waals surface area contributed by atoms with Crippen molar-refractivity contribution in [1.29, 1.82) is 0 Å². The molecule has 5 aromatic rings. The maximum absolute atomic E-state index is 13.0. The van der Waals surface area contributed by atoms with Crippen LogP contribution in [-0.2, 0) is 13.1 Å². The molecule has 5 rings (SSSR count). The van der Waals surface area contributed by atoms with Crippen LogP contribution in [0.5, 0.6) is 0 Å². The molecule has 33 heavy (non-hydrogen) atoms. The molecule has 2 heterocycles. The maximum atomic E-state index is 13.0. The van der Waals surface area contributed by atoms with Crippen LogP contribution in [-0.4, -0.2) is 31.8 Å². The van der Waals surface area contributed by atoms with Gasteiger partial charge in [-0.25, -0.2) is 4.98 Å². The van der Waals surface area contributed by atoms with Gasteiger partial charge in [0.1, 0.15) is 5.82 Å². The van der Waals surface area contributed by atoms with Crippen LogP contribution in [0.1, 0.15) is 21.7 Å². The summed E-state index contributed by atoms with van der Waals surface area (Å²) in [6, 6.07) is 26.0. The molecule has 0 radical (unpaired) electrons. The van der Waals surface area contributed by atoms with E-state index in [4.69, 9.17) is 0 Å². The number of aromatic nitrogens is 4. The average molecular weight is 436 g/mol. The summed E-state index contributed by atoms with van der Waals surface area (Å²) in [4.78, 5) is 17.6. The van der Waals surface area contributed by atoms with Crippen LogP contribution in [0.3, 0.4) is 0 Å². The van der Waals surface area contributed by atoms with Crippen LogP contribution in [0.15, 0.2) is 91.3 Å². The summed E-state index contributed by atoms with van der Waals surface area (Å²) in [7, 11) is 0. The van der Waals surface area contributed by atoms with Gasteiger partial charge in [-0.3, -0.25) is 9.48 Å². The maximum Gasteiger partial charge on any atom is 0.251 e. The molecule has 0 fully saturated rings. The van der Waals surface area contributed by atoms with Crippen molar-refractivity contribution in [1.82, 2.24) is 24.6 Å². The normalized spacial score (nSPS) is 11.1. The quantitative estimate of drug-likeness (QED) is 0.403. The minimum absolute atomic E-state index is 0.0757. The third-order valence-electron chi connectivity index (χ3n) is 5.81. The highest BCUT2D eigenvalue weighted by Gasteiger charge is 2.13. The van der Waals surface area contributed by atoms with Crippen molar-refractivity contribution in [3.63, 3.8) is 0 Å². The van der Waals surface area contributed by atoms with Gasteiger partial charge >= 0.3 is 0 Å². The lowest BCUT2D eigenvalue weighted by atomic mass is 9.98. The summed E-state index contributed by atoms with van der Waals surface area (Å²) in [5.41, 5.74) is 5.82. The van der Waals surface area contributed by atoms with E-state index in [1.54, 1.807) is 6.20 Å². The van der Waals surface area contributed by atoms with E-state index in [0.717, 1.165) is 40.1 Å². The first-order chi connectivity index (χ1) is 16.2. The first-order valence-corrected chi connectivity index (χ1v) is 11.0. The van der Waals surface area contributed by atoms with Crippen molar-refractivity contribution in [3.05, 3.63) is 108 Å². The number of carbonyl (C=O) groups is 1. The van der Waals surface area contributed by atoms with Gasteiger partial charge in [0.2, 0.25) is 0 Å². The molecule has 0 atom stereocenters. The van der Waals surface area contributed by atoms with Crippen molar-refractivity contribution in [2.45, 2.75) is 20.0 Å². The third kappa shape index (κ3) is 4.41. The summed E-state index contributed by atoms with van der Waals surface area (Å²) in [6.07, 6.45) is 3.72. The topological polar surface area (TPSA) is 64.7 Å². The predicted octanol–water partition coefficient (Wildman–Crippen LogP) is 4.69. The number of rotatable bonds is 7. The average Bonchev–Trinajstić information content (AvgIpc) is 3.47. The Hall–Kier alpha value is -4.19. The molecule has 0 bridgehead atoms. The molecular formula is C27H25N5O. The van der Waals surface area contributed by atoms with Gasteiger partial charge in [0.25, 0.3) is 5.91 Å². The molecule has 164 valence electrons. The van der Waals surface area contributed by atoms with E-state index < -0.39 is 0 Å². The Labute approximate surface area is 192 Å². The van der Waals surface area contributed by atoms with E-state index >= 15 is 0 Å². The van der Waals surface area contributed by atoms with Crippen LogP contribution in [0.2, 0.25) is 0 Å². The van der Waals surface area contributed by atoms with Crippen molar-refractivity contribution in [2.24, 2.45) is 0 Å². The van der Waals surface area contributed by atoms with E-state index in [0.29, 0.717) is 18.7 Å². The van der Waals surface area contributed by atoms with Crippen molar-refractivity contribution < 1.29 is 4.79 Å². The van der Waals surface area contributed by atoms with Gasteiger partial charge in [-0.2, -0.15) is 5.10 Å². The monoisotopic (exact) mass is 435 g/mol. The van der Waals surface area contributed by atoms with E-state index in [-0.39, 0.29) is 5.91 Å². The summed E-state index contributed by atoms with van der Waals surface area (Å²) in [6.45, 7) is 3.91. The molecule has 0 saturated carbocycles. The minimum Gasteiger partial charge on any atom is -0.350 e. The zero-order valence-corrected chi connectivity index (χ0v) is 18.5. The largest absolute Gasteiger partial charge is 0.350 e. The second-order valence-electron chi connectivity index (χ2n) is 8.00. The highest BCUT2D eigenvalue weighted by atomic mass is 16.1. The predicted molar refractivity (Wildman–Crippen MR) is 130 cm³/mol. The molecule has 1 amide bonds. The fourth-order valence-electron chi connectivity index (χ4n) is 4.16. The van der Waals surface area contributed by atoms with Crippen molar-refractivity contribution >= 4 is 16.9 Å². The molecule has 1 N–H and O–H groups in total. The van der Waals surface area contributed by atoms with Gasteiger partial charge in [-0.1, -0.05) is 54.6 Å². The lowest BCUT2D eigenvalue weighted by Crippen LogP contribution is -2.27. The Morgan fingerprint density at radius 1 is 0.939 bits per heavy atom. The fourth-order valence-corrected chi connectivity index (χ4v) is 4.16. The molecule has 0 aliphatic carbocycles. The number of fused-ring (bicyclic) bond motifs is 1. The molecule has 3 aromatic carbocycles. The molecule has 6 heteroatoms. The number of carbonyl (C=O) groups excluding carboxylic acids is 1. The van der Waals surface area contributed by atoms with Crippen molar-refractivity contribution in [3.8, 4) is 11.1 Å².